The number of hydrogen-bond acceptors (Lipinski definition) is 2. The number of nitrogens with one attached hydrogen (secondary N) is 2. The topological polar surface area (TPSA) is 41.1 Å². The van der Waals surface area contributed by atoms with Crippen LogP contribution in [-0.4, -0.2) is 25.0 Å². The molecule has 3 heteroatoms. The minimum atomic E-state index is 0.222. The van der Waals surface area contributed by atoms with E-state index in [1.807, 2.05) is 0 Å². The first kappa shape index (κ1) is 11.6. The van der Waals surface area contributed by atoms with Crippen molar-refractivity contribution in [3.8, 4) is 0 Å². The van der Waals surface area contributed by atoms with Gasteiger partial charge in [0.25, 0.3) is 0 Å². The van der Waals surface area contributed by atoms with Gasteiger partial charge in [-0.25, -0.2) is 0 Å². The van der Waals surface area contributed by atoms with Crippen LogP contribution in [0.25, 0.3) is 0 Å². The fraction of sp³-hybridized carbons (Fsp3) is 0.769. The van der Waals surface area contributed by atoms with Gasteiger partial charge in [0, 0.05) is 12.5 Å². The normalized spacial score (nSPS) is 22.6. The van der Waals surface area contributed by atoms with E-state index in [0.717, 1.165) is 38.8 Å². The van der Waals surface area contributed by atoms with E-state index in [-0.39, 0.29) is 5.91 Å². The van der Waals surface area contributed by atoms with Gasteiger partial charge in [-0.15, -0.1) is 0 Å². The van der Waals surface area contributed by atoms with Crippen molar-refractivity contribution in [3.05, 3.63) is 11.6 Å². The van der Waals surface area contributed by atoms with Crippen molar-refractivity contribution in [1.82, 2.24) is 10.6 Å². The zero-order chi connectivity index (χ0) is 11.2. The molecule has 16 heavy (non-hydrogen) atoms. The summed E-state index contributed by atoms with van der Waals surface area (Å²) in [5.41, 5.74) is 1.35. The molecule has 0 atom stereocenters. The van der Waals surface area contributed by atoms with Gasteiger partial charge in [0.05, 0.1) is 0 Å². The van der Waals surface area contributed by atoms with Crippen molar-refractivity contribution in [1.29, 1.82) is 0 Å². The second kappa shape index (κ2) is 6.04. The Morgan fingerprint density at radius 2 is 2.19 bits per heavy atom. The van der Waals surface area contributed by atoms with Crippen molar-refractivity contribution >= 4 is 5.91 Å². The summed E-state index contributed by atoms with van der Waals surface area (Å²) in [4.78, 5) is 11.8. The maximum absolute atomic E-state index is 11.8. The predicted octanol–water partition coefficient (Wildman–Crippen LogP) is 1.75. The number of allylic oxidation sites excluding steroid dienone is 1. The van der Waals surface area contributed by atoms with Crippen LogP contribution in [0, 0.1) is 0 Å². The summed E-state index contributed by atoms with van der Waals surface area (Å²) in [6.07, 6.45) is 9.87. The summed E-state index contributed by atoms with van der Waals surface area (Å²) in [5.74, 6) is 0.222. The summed E-state index contributed by atoms with van der Waals surface area (Å²) in [6, 6.07) is 0.401. The molecule has 1 saturated heterocycles. The van der Waals surface area contributed by atoms with Crippen molar-refractivity contribution in [3.63, 3.8) is 0 Å². The van der Waals surface area contributed by atoms with Gasteiger partial charge in [0.1, 0.15) is 0 Å². The second-order valence-electron chi connectivity index (χ2n) is 4.88. The molecule has 2 rings (SSSR count). The van der Waals surface area contributed by atoms with Gasteiger partial charge in [-0.2, -0.15) is 0 Å². The number of rotatable bonds is 3. The number of carbonyl (C=O) groups excluding carboxylic acids is 1. The van der Waals surface area contributed by atoms with E-state index in [2.05, 4.69) is 16.7 Å². The molecule has 90 valence electrons. The predicted molar refractivity (Wildman–Crippen MR) is 65.2 cm³/mol. The molecule has 0 saturated carbocycles. The maximum Gasteiger partial charge on any atom is 0.224 e. The van der Waals surface area contributed by atoms with Crippen LogP contribution in [0.5, 0.6) is 0 Å². The number of carbonyl (C=O) groups is 1. The van der Waals surface area contributed by atoms with E-state index in [1.165, 1.54) is 18.4 Å². The Hall–Kier alpha value is -0.830. The minimum absolute atomic E-state index is 0.222. The van der Waals surface area contributed by atoms with Crippen LogP contribution in [0.1, 0.15) is 44.9 Å². The molecule has 1 aliphatic carbocycles. The van der Waals surface area contributed by atoms with Crippen molar-refractivity contribution in [2.24, 2.45) is 0 Å². The van der Waals surface area contributed by atoms with Gasteiger partial charge in [0.2, 0.25) is 5.91 Å². The van der Waals surface area contributed by atoms with Gasteiger partial charge in [0.15, 0.2) is 0 Å². The average molecular weight is 222 g/mol. The van der Waals surface area contributed by atoms with Crippen LogP contribution >= 0.6 is 0 Å². The van der Waals surface area contributed by atoms with Crippen LogP contribution in [0.2, 0.25) is 0 Å². The summed E-state index contributed by atoms with van der Waals surface area (Å²) >= 11 is 0. The summed E-state index contributed by atoms with van der Waals surface area (Å²) < 4.78 is 0. The number of amides is 1. The molecule has 2 N–H and O–H groups in total. The van der Waals surface area contributed by atoms with Crippen LogP contribution in [0.3, 0.4) is 0 Å². The molecule has 0 aromatic rings. The Bertz CT molecular complexity index is 267. The van der Waals surface area contributed by atoms with Crippen LogP contribution < -0.4 is 10.6 Å². The molecule has 1 aliphatic heterocycles. The fourth-order valence-electron chi connectivity index (χ4n) is 2.52. The molecular formula is C13H22N2O. The van der Waals surface area contributed by atoms with Crippen LogP contribution in [0.15, 0.2) is 11.6 Å². The Kier molecular flexibility index (Phi) is 4.40. The number of piperidine rings is 1. The molecule has 0 spiro atoms. The van der Waals surface area contributed by atoms with E-state index >= 15 is 0 Å². The van der Waals surface area contributed by atoms with Crippen molar-refractivity contribution in [2.75, 3.05) is 13.1 Å². The zero-order valence-corrected chi connectivity index (χ0v) is 9.93. The maximum atomic E-state index is 11.8. The highest BCUT2D eigenvalue weighted by Crippen LogP contribution is 2.20. The highest BCUT2D eigenvalue weighted by atomic mass is 16.1. The third-order valence-electron chi connectivity index (χ3n) is 3.48. The summed E-state index contributed by atoms with van der Waals surface area (Å²) in [5, 5.41) is 6.45. The molecular weight excluding hydrogens is 200 g/mol. The summed E-state index contributed by atoms with van der Waals surface area (Å²) in [6.45, 7) is 2.07. The second-order valence-corrected chi connectivity index (χ2v) is 4.88. The monoisotopic (exact) mass is 222 g/mol. The first-order valence-corrected chi connectivity index (χ1v) is 6.52. The van der Waals surface area contributed by atoms with Gasteiger partial charge < -0.3 is 10.6 Å². The smallest absolute Gasteiger partial charge is 0.224 e. The minimum Gasteiger partial charge on any atom is -0.353 e. The van der Waals surface area contributed by atoms with Crippen LogP contribution in [0.4, 0.5) is 0 Å². The molecule has 2 aliphatic rings. The Morgan fingerprint density at radius 3 is 2.88 bits per heavy atom. The van der Waals surface area contributed by atoms with Gasteiger partial charge in [-0.1, -0.05) is 11.6 Å². The van der Waals surface area contributed by atoms with E-state index < -0.39 is 0 Å². The molecule has 1 heterocycles. The molecule has 1 amide bonds. The Labute approximate surface area is 97.7 Å². The molecule has 0 aromatic heterocycles. The van der Waals surface area contributed by atoms with Crippen molar-refractivity contribution < 1.29 is 4.79 Å². The zero-order valence-electron chi connectivity index (χ0n) is 9.93. The lowest BCUT2D eigenvalue weighted by molar-refractivity contribution is -0.121. The highest BCUT2D eigenvalue weighted by molar-refractivity contribution is 5.78. The average Bonchev–Trinajstić information content (AvgIpc) is 2.31. The van der Waals surface area contributed by atoms with Crippen molar-refractivity contribution in [2.45, 2.75) is 51.0 Å². The van der Waals surface area contributed by atoms with Gasteiger partial charge >= 0.3 is 0 Å². The molecule has 3 nitrogen and oxygen atoms in total. The van der Waals surface area contributed by atoms with Gasteiger partial charge in [-0.05, 0) is 51.6 Å². The van der Waals surface area contributed by atoms with E-state index in [9.17, 15) is 4.79 Å². The molecule has 0 unspecified atom stereocenters. The fourth-order valence-corrected chi connectivity index (χ4v) is 2.52. The van der Waals surface area contributed by atoms with E-state index in [1.54, 1.807) is 0 Å². The largest absolute Gasteiger partial charge is 0.353 e. The lowest BCUT2D eigenvalue weighted by atomic mass is 9.96. The standard InChI is InChI=1S/C13H22N2O/c16-13(10-11-4-2-1-3-5-11)15-12-6-8-14-9-7-12/h4,12,14H,1-3,5-10H2,(H,15,16). The summed E-state index contributed by atoms with van der Waals surface area (Å²) in [7, 11) is 0. The first-order valence-electron chi connectivity index (χ1n) is 6.52. The van der Waals surface area contributed by atoms with Crippen LogP contribution in [-0.2, 0) is 4.79 Å². The third-order valence-corrected chi connectivity index (χ3v) is 3.48. The first-order chi connectivity index (χ1) is 7.84. The molecule has 0 bridgehead atoms. The quantitative estimate of drug-likeness (QED) is 0.714. The lowest BCUT2D eigenvalue weighted by Crippen LogP contribution is -2.42. The Balaban J connectivity index is 1.72. The number of hydrogen-bond donors (Lipinski definition) is 2. The SMILES string of the molecule is O=C(CC1=CCCCC1)NC1CCNCC1. The highest BCUT2D eigenvalue weighted by Gasteiger charge is 2.16. The van der Waals surface area contributed by atoms with E-state index in [4.69, 9.17) is 0 Å². The van der Waals surface area contributed by atoms with Gasteiger partial charge in [-0.3, -0.25) is 4.79 Å². The Morgan fingerprint density at radius 1 is 1.38 bits per heavy atom. The third kappa shape index (κ3) is 3.63. The molecule has 0 radical (unpaired) electrons. The molecule has 1 fully saturated rings. The lowest BCUT2D eigenvalue weighted by Gasteiger charge is -2.24. The molecule has 0 aromatic carbocycles. The van der Waals surface area contributed by atoms with E-state index in [0.29, 0.717) is 12.5 Å².